The summed E-state index contributed by atoms with van der Waals surface area (Å²) in [6, 6.07) is 9.61. The van der Waals surface area contributed by atoms with E-state index < -0.39 is 5.60 Å². The Morgan fingerprint density at radius 1 is 1.12 bits per heavy atom. The molecule has 0 saturated carbocycles. The summed E-state index contributed by atoms with van der Waals surface area (Å²) in [5.41, 5.74) is -0.160. The third-order valence-electron chi connectivity index (χ3n) is 2.82. The molecule has 0 amide bonds. The fourth-order valence-corrected chi connectivity index (χ4v) is 1.71. The predicted molar refractivity (Wildman–Crippen MR) is 72.5 cm³/mol. The molecule has 0 aliphatic carbocycles. The maximum absolute atomic E-state index is 10.2. The molecule has 0 heterocycles. The lowest BCUT2D eigenvalue weighted by Crippen LogP contribution is -2.18. The normalized spacial score (nSPS) is 13.6. The third kappa shape index (κ3) is 5.06. The smallest absolute Gasteiger partial charge is 0.148 e. The van der Waals surface area contributed by atoms with E-state index >= 15 is 0 Å². The van der Waals surface area contributed by atoms with E-state index in [1.54, 1.807) is 6.92 Å². The molecule has 1 heteroatoms. The van der Waals surface area contributed by atoms with E-state index in [9.17, 15) is 5.11 Å². The van der Waals surface area contributed by atoms with Gasteiger partial charge in [-0.1, -0.05) is 68.4 Å². The van der Waals surface area contributed by atoms with Crippen LogP contribution >= 0.6 is 0 Å². The highest BCUT2D eigenvalue weighted by Gasteiger charge is 2.18. The number of hydrogen-bond acceptors (Lipinski definition) is 1. The van der Waals surface area contributed by atoms with Gasteiger partial charge in [-0.2, -0.15) is 0 Å². The number of rotatable bonds is 5. The second-order valence-electron chi connectivity index (χ2n) is 4.55. The lowest BCUT2D eigenvalue weighted by molar-refractivity contribution is 0.122. The van der Waals surface area contributed by atoms with E-state index in [2.05, 4.69) is 18.8 Å². The van der Waals surface area contributed by atoms with Crippen molar-refractivity contribution in [2.24, 2.45) is 0 Å². The molecule has 1 unspecified atom stereocenters. The molecule has 17 heavy (non-hydrogen) atoms. The van der Waals surface area contributed by atoms with Crippen LogP contribution in [0.2, 0.25) is 0 Å². The van der Waals surface area contributed by atoms with Gasteiger partial charge in [0, 0.05) is 6.42 Å². The van der Waals surface area contributed by atoms with Crippen LogP contribution in [0.5, 0.6) is 0 Å². The monoisotopic (exact) mass is 230 g/mol. The molecule has 0 spiro atoms. The van der Waals surface area contributed by atoms with Crippen molar-refractivity contribution in [1.29, 1.82) is 0 Å². The van der Waals surface area contributed by atoms with Gasteiger partial charge < -0.3 is 5.11 Å². The quantitative estimate of drug-likeness (QED) is 0.601. The Labute approximate surface area is 105 Å². The van der Waals surface area contributed by atoms with Crippen molar-refractivity contribution in [1.82, 2.24) is 0 Å². The maximum atomic E-state index is 10.2. The third-order valence-corrected chi connectivity index (χ3v) is 2.82. The van der Waals surface area contributed by atoms with E-state index in [4.69, 9.17) is 0 Å². The molecule has 1 aromatic rings. The van der Waals surface area contributed by atoms with Crippen molar-refractivity contribution in [2.45, 2.75) is 51.6 Å². The zero-order valence-electron chi connectivity index (χ0n) is 10.9. The molecule has 0 fully saturated rings. The van der Waals surface area contributed by atoms with Gasteiger partial charge in [0.25, 0.3) is 0 Å². The Morgan fingerprint density at radius 3 is 2.47 bits per heavy atom. The van der Waals surface area contributed by atoms with Gasteiger partial charge in [-0.25, -0.2) is 0 Å². The van der Waals surface area contributed by atoms with Crippen molar-refractivity contribution in [3.63, 3.8) is 0 Å². The van der Waals surface area contributed by atoms with Gasteiger partial charge in [0.15, 0.2) is 0 Å². The standard InChI is InChI=1S/C16H22O/c1-3-4-5-6-7-11-14-16(2,17)15-12-9-8-10-13-15/h8-10,12-13,17H,3-7H2,1-2H3. The summed E-state index contributed by atoms with van der Waals surface area (Å²) in [5.74, 6) is 6.04. The van der Waals surface area contributed by atoms with Gasteiger partial charge in [-0.05, 0) is 18.9 Å². The minimum atomic E-state index is -1.02. The highest BCUT2D eigenvalue weighted by molar-refractivity contribution is 5.30. The zero-order chi connectivity index (χ0) is 12.6. The molecular weight excluding hydrogens is 208 g/mol. The maximum Gasteiger partial charge on any atom is 0.148 e. The summed E-state index contributed by atoms with van der Waals surface area (Å²) in [6.45, 7) is 3.95. The summed E-state index contributed by atoms with van der Waals surface area (Å²) in [6.07, 6.45) is 5.76. The van der Waals surface area contributed by atoms with Crippen LogP contribution < -0.4 is 0 Å². The average molecular weight is 230 g/mol. The average Bonchev–Trinajstić information content (AvgIpc) is 2.35. The van der Waals surface area contributed by atoms with Crippen molar-refractivity contribution >= 4 is 0 Å². The number of hydrogen-bond donors (Lipinski definition) is 1. The second-order valence-corrected chi connectivity index (χ2v) is 4.55. The molecule has 1 atom stereocenters. The highest BCUT2D eigenvalue weighted by Crippen LogP contribution is 2.18. The predicted octanol–water partition coefficient (Wildman–Crippen LogP) is 3.87. The van der Waals surface area contributed by atoms with Crippen LogP contribution in [0.4, 0.5) is 0 Å². The lowest BCUT2D eigenvalue weighted by atomic mass is 9.96. The Bertz CT molecular complexity index is 368. The molecule has 1 aromatic carbocycles. The van der Waals surface area contributed by atoms with E-state index in [1.807, 2.05) is 30.3 Å². The van der Waals surface area contributed by atoms with Crippen LogP contribution in [-0.2, 0) is 5.60 Å². The minimum Gasteiger partial charge on any atom is -0.374 e. The second kappa shape index (κ2) is 7.14. The molecular formula is C16H22O. The Balaban J connectivity index is 2.47. The largest absolute Gasteiger partial charge is 0.374 e. The molecule has 0 aromatic heterocycles. The van der Waals surface area contributed by atoms with Gasteiger partial charge in [0.1, 0.15) is 5.60 Å². The zero-order valence-corrected chi connectivity index (χ0v) is 10.9. The van der Waals surface area contributed by atoms with Gasteiger partial charge in [0.05, 0.1) is 0 Å². The first kappa shape index (κ1) is 13.8. The Kier molecular flexibility index (Phi) is 5.80. The number of benzene rings is 1. The SMILES string of the molecule is CCCCCCC#CC(C)(O)c1ccccc1. The molecule has 92 valence electrons. The molecule has 0 aliphatic heterocycles. The topological polar surface area (TPSA) is 20.2 Å². The first-order valence-corrected chi connectivity index (χ1v) is 6.44. The fraction of sp³-hybridized carbons (Fsp3) is 0.500. The van der Waals surface area contributed by atoms with Crippen LogP contribution in [0.1, 0.15) is 51.5 Å². The van der Waals surface area contributed by atoms with E-state index in [1.165, 1.54) is 19.3 Å². The Morgan fingerprint density at radius 2 is 1.82 bits per heavy atom. The van der Waals surface area contributed by atoms with Gasteiger partial charge in [-0.3, -0.25) is 0 Å². The van der Waals surface area contributed by atoms with Crippen molar-refractivity contribution in [3.8, 4) is 11.8 Å². The summed E-state index contributed by atoms with van der Waals surface area (Å²) in [4.78, 5) is 0. The minimum absolute atomic E-state index is 0.862. The molecule has 0 saturated heterocycles. The summed E-state index contributed by atoms with van der Waals surface area (Å²) < 4.78 is 0. The summed E-state index contributed by atoms with van der Waals surface area (Å²) >= 11 is 0. The summed E-state index contributed by atoms with van der Waals surface area (Å²) in [7, 11) is 0. The molecule has 1 N–H and O–H groups in total. The van der Waals surface area contributed by atoms with Crippen LogP contribution in [-0.4, -0.2) is 5.11 Å². The molecule has 0 radical (unpaired) electrons. The van der Waals surface area contributed by atoms with Gasteiger partial charge in [-0.15, -0.1) is 0 Å². The molecule has 0 aliphatic rings. The van der Waals surface area contributed by atoms with Gasteiger partial charge >= 0.3 is 0 Å². The fourth-order valence-electron chi connectivity index (χ4n) is 1.71. The van der Waals surface area contributed by atoms with Crippen molar-refractivity contribution in [3.05, 3.63) is 35.9 Å². The van der Waals surface area contributed by atoms with Gasteiger partial charge in [0.2, 0.25) is 0 Å². The van der Waals surface area contributed by atoms with Crippen molar-refractivity contribution in [2.75, 3.05) is 0 Å². The van der Waals surface area contributed by atoms with Crippen LogP contribution in [0, 0.1) is 11.8 Å². The van der Waals surface area contributed by atoms with E-state index in [0.29, 0.717) is 0 Å². The molecule has 0 bridgehead atoms. The van der Waals surface area contributed by atoms with Crippen LogP contribution in [0.3, 0.4) is 0 Å². The lowest BCUT2D eigenvalue weighted by Gasteiger charge is -2.16. The molecule has 1 rings (SSSR count). The Hall–Kier alpha value is -1.26. The summed E-state index contributed by atoms with van der Waals surface area (Å²) in [5, 5.41) is 10.2. The highest BCUT2D eigenvalue weighted by atomic mass is 16.3. The van der Waals surface area contributed by atoms with Crippen molar-refractivity contribution < 1.29 is 5.11 Å². The first-order valence-electron chi connectivity index (χ1n) is 6.44. The van der Waals surface area contributed by atoms with E-state index in [-0.39, 0.29) is 0 Å². The molecule has 1 nitrogen and oxygen atoms in total. The van der Waals surface area contributed by atoms with Crippen LogP contribution in [0.15, 0.2) is 30.3 Å². The van der Waals surface area contributed by atoms with E-state index in [0.717, 1.165) is 18.4 Å². The number of unbranched alkanes of at least 4 members (excludes halogenated alkanes) is 4. The first-order chi connectivity index (χ1) is 8.17. The van der Waals surface area contributed by atoms with Crippen LogP contribution in [0.25, 0.3) is 0 Å². The number of aliphatic hydroxyl groups is 1.